The van der Waals surface area contributed by atoms with Gasteiger partial charge in [0.1, 0.15) is 5.82 Å². The monoisotopic (exact) mass is 375 g/mol. The molecule has 2 aliphatic rings. The summed E-state index contributed by atoms with van der Waals surface area (Å²) in [5.41, 5.74) is 0.445. The van der Waals surface area contributed by atoms with E-state index >= 15 is 0 Å². The molecule has 7 heteroatoms. The molecule has 2 aromatic heterocycles. The maximum Gasteiger partial charge on any atom is 0.505 e. The van der Waals surface area contributed by atoms with E-state index in [1.54, 1.807) is 11.3 Å². The van der Waals surface area contributed by atoms with Gasteiger partial charge in [-0.15, -0.1) is 11.3 Å². The summed E-state index contributed by atoms with van der Waals surface area (Å²) in [6.45, 7) is 13.4. The van der Waals surface area contributed by atoms with Crippen LogP contribution < -0.4 is 10.1 Å². The van der Waals surface area contributed by atoms with E-state index in [0.717, 1.165) is 34.1 Å². The van der Waals surface area contributed by atoms with Crippen LogP contribution in [0.15, 0.2) is 18.3 Å². The van der Waals surface area contributed by atoms with Crippen molar-refractivity contribution in [3.05, 3.63) is 24.2 Å². The van der Waals surface area contributed by atoms with Gasteiger partial charge in [-0.2, -0.15) is 0 Å². The smallest absolute Gasteiger partial charge is 0.399 e. The lowest BCUT2D eigenvalue weighted by Crippen LogP contribution is -2.41. The summed E-state index contributed by atoms with van der Waals surface area (Å²) in [6, 6.07) is 4.57. The van der Waals surface area contributed by atoms with Crippen molar-refractivity contribution in [3.63, 3.8) is 0 Å². The Labute approximate surface area is 161 Å². The van der Waals surface area contributed by atoms with Crippen LogP contribution in [0.1, 0.15) is 66.3 Å². The molecule has 5 nitrogen and oxygen atoms in total. The second-order valence-electron chi connectivity index (χ2n) is 7.62. The molecule has 0 aliphatic carbocycles. The van der Waals surface area contributed by atoms with E-state index in [1.807, 2.05) is 20.0 Å². The summed E-state index contributed by atoms with van der Waals surface area (Å²) in [7, 11) is -0.298. The van der Waals surface area contributed by atoms with Crippen molar-refractivity contribution >= 4 is 23.2 Å². The van der Waals surface area contributed by atoms with Crippen molar-refractivity contribution in [2.24, 2.45) is 0 Å². The number of hydrogen-bond acceptors (Lipinski definition) is 5. The molecule has 2 N–H and O–H groups in total. The Balaban J connectivity index is 0.000000948. The van der Waals surface area contributed by atoms with Gasteiger partial charge < -0.3 is 19.6 Å². The van der Waals surface area contributed by atoms with E-state index in [1.165, 1.54) is 6.42 Å². The maximum absolute atomic E-state index is 6.14. The lowest BCUT2D eigenvalue weighted by molar-refractivity contribution is 0.00578. The van der Waals surface area contributed by atoms with E-state index in [0.29, 0.717) is 6.04 Å². The highest BCUT2D eigenvalue weighted by atomic mass is 32.1. The number of hydrogen-bond donors (Lipinski definition) is 2. The number of rotatable bonds is 3. The Morgan fingerprint density at radius 2 is 1.85 bits per heavy atom. The van der Waals surface area contributed by atoms with Crippen LogP contribution in [0.2, 0.25) is 0 Å². The highest BCUT2D eigenvalue weighted by molar-refractivity contribution is 7.25. The average molecular weight is 375 g/mol. The molecular weight excluding hydrogens is 345 g/mol. The minimum atomic E-state index is -0.308. The number of nitrogens with one attached hydrogen (secondary N) is 2. The first-order valence-corrected chi connectivity index (χ1v) is 10.4. The molecule has 0 spiro atoms. The SMILES string of the molecule is CC.CC1(C)OB(c2ccc(-c3cnc([C@@H]4CCCN4)[nH]3)s2)OC1(C)C. The van der Waals surface area contributed by atoms with Gasteiger partial charge in [-0.1, -0.05) is 19.9 Å². The van der Waals surface area contributed by atoms with Crippen LogP contribution in [0.4, 0.5) is 0 Å². The zero-order valence-corrected chi connectivity index (χ0v) is 17.5. The molecule has 2 aromatic rings. The lowest BCUT2D eigenvalue weighted by Gasteiger charge is -2.32. The lowest BCUT2D eigenvalue weighted by atomic mass is 9.88. The van der Waals surface area contributed by atoms with Gasteiger partial charge in [0.05, 0.1) is 34.0 Å². The Morgan fingerprint density at radius 3 is 2.46 bits per heavy atom. The third-order valence-electron chi connectivity index (χ3n) is 5.36. The van der Waals surface area contributed by atoms with E-state index < -0.39 is 0 Å². The van der Waals surface area contributed by atoms with Crippen LogP contribution in [0, 0.1) is 0 Å². The molecule has 4 heterocycles. The Morgan fingerprint density at radius 1 is 1.15 bits per heavy atom. The van der Waals surface area contributed by atoms with Crippen molar-refractivity contribution in [3.8, 4) is 10.6 Å². The predicted octanol–water partition coefficient (Wildman–Crippen LogP) is 3.89. The van der Waals surface area contributed by atoms with Crippen LogP contribution >= 0.6 is 11.3 Å². The molecule has 0 radical (unpaired) electrons. The second-order valence-corrected chi connectivity index (χ2v) is 8.74. The van der Waals surface area contributed by atoms with E-state index in [4.69, 9.17) is 9.31 Å². The van der Waals surface area contributed by atoms with Crippen molar-refractivity contribution in [1.82, 2.24) is 15.3 Å². The molecule has 0 unspecified atom stereocenters. The van der Waals surface area contributed by atoms with Gasteiger partial charge in [0.15, 0.2) is 0 Å². The molecule has 4 rings (SSSR count). The summed E-state index contributed by atoms with van der Waals surface area (Å²) in [5, 5.41) is 3.48. The molecule has 0 saturated carbocycles. The quantitative estimate of drug-likeness (QED) is 0.800. The molecule has 0 aromatic carbocycles. The zero-order chi connectivity index (χ0) is 18.9. The summed E-state index contributed by atoms with van der Waals surface area (Å²) >= 11 is 1.70. The second kappa shape index (κ2) is 7.47. The molecule has 0 amide bonds. The fraction of sp³-hybridized carbons (Fsp3) is 0.632. The van der Waals surface area contributed by atoms with E-state index in [2.05, 4.69) is 55.1 Å². The van der Waals surface area contributed by atoms with Gasteiger partial charge in [-0.3, -0.25) is 0 Å². The zero-order valence-electron chi connectivity index (χ0n) is 16.7. The third kappa shape index (κ3) is 3.63. The standard InChI is InChI=1S/C17H24BN3O2S.C2H6/c1-16(2)17(3,4)23-18(22-16)14-8-7-13(24-14)12-10-20-15(21-12)11-6-5-9-19-11;1-2/h7-8,10-11,19H,5-6,9H2,1-4H3,(H,20,21);1-2H3/t11-;/m0./s1. The first-order chi connectivity index (χ1) is 12.4. The average Bonchev–Trinajstić information content (AvgIpc) is 3.35. The highest BCUT2D eigenvalue weighted by Gasteiger charge is 2.52. The topological polar surface area (TPSA) is 59.2 Å². The molecule has 2 saturated heterocycles. The molecule has 2 aliphatic heterocycles. The van der Waals surface area contributed by atoms with Gasteiger partial charge in [-0.05, 0) is 53.1 Å². The fourth-order valence-electron chi connectivity index (χ4n) is 3.14. The van der Waals surface area contributed by atoms with Crippen molar-refractivity contribution < 1.29 is 9.31 Å². The number of nitrogens with zero attached hydrogens (tertiary/aromatic N) is 1. The number of aromatic amines is 1. The third-order valence-corrected chi connectivity index (χ3v) is 6.50. The predicted molar refractivity (Wildman–Crippen MR) is 109 cm³/mol. The van der Waals surface area contributed by atoms with Crippen molar-refractivity contribution in [2.45, 2.75) is 71.6 Å². The number of imidazole rings is 1. The summed E-state index contributed by atoms with van der Waals surface area (Å²) in [4.78, 5) is 9.18. The van der Waals surface area contributed by atoms with Crippen LogP contribution in [0.3, 0.4) is 0 Å². The van der Waals surface area contributed by atoms with Crippen molar-refractivity contribution in [1.29, 1.82) is 0 Å². The minimum Gasteiger partial charge on any atom is -0.399 e. The van der Waals surface area contributed by atoms with Crippen LogP contribution in [0.5, 0.6) is 0 Å². The minimum absolute atomic E-state index is 0.298. The summed E-state index contributed by atoms with van der Waals surface area (Å²) in [6.07, 6.45) is 4.29. The molecule has 26 heavy (non-hydrogen) atoms. The van der Waals surface area contributed by atoms with Gasteiger partial charge in [0, 0.05) is 4.78 Å². The van der Waals surface area contributed by atoms with E-state index in [-0.39, 0.29) is 18.3 Å². The Kier molecular flexibility index (Phi) is 5.63. The van der Waals surface area contributed by atoms with Gasteiger partial charge in [-0.25, -0.2) is 4.98 Å². The molecule has 1 atom stereocenters. The Bertz CT molecular complexity index is 719. The normalized spacial score (nSPS) is 23.8. The fourth-order valence-corrected chi connectivity index (χ4v) is 4.07. The first-order valence-electron chi connectivity index (χ1n) is 9.60. The van der Waals surface area contributed by atoms with Crippen LogP contribution in [-0.2, 0) is 9.31 Å². The first kappa shape index (κ1) is 19.6. The number of thiophene rings is 1. The van der Waals surface area contributed by atoms with E-state index in [9.17, 15) is 0 Å². The van der Waals surface area contributed by atoms with Gasteiger partial charge in [0.25, 0.3) is 0 Å². The maximum atomic E-state index is 6.14. The number of aromatic nitrogens is 2. The molecule has 2 fully saturated rings. The summed E-state index contributed by atoms with van der Waals surface area (Å²) < 4.78 is 13.4. The molecule has 142 valence electrons. The van der Waals surface area contributed by atoms with Crippen LogP contribution in [0.25, 0.3) is 10.6 Å². The Hall–Kier alpha value is -1.15. The summed E-state index contributed by atoms with van der Waals surface area (Å²) in [5.74, 6) is 1.04. The molecular formula is C19H30BN3O2S. The number of H-pyrrole nitrogens is 1. The highest BCUT2D eigenvalue weighted by Crippen LogP contribution is 2.37. The van der Waals surface area contributed by atoms with Gasteiger partial charge in [0.2, 0.25) is 0 Å². The molecule has 0 bridgehead atoms. The van der Waals surface area contributed by atoms with Gasteiger partial charge >= 0.3 is 7.12 Å². The largest absolute Gasteiger partial charge is 0.505 e. The van der Waals surface area contributed by atoms with Crippen LogP contribution in [-0.4, -0.2) is 34.8 Å². The van der Waals surface area contributed by atoms with Crippen molar-refractivity contribution in [2.75, 3.05) is 6.54 Å².